The Bertz CT molecular complexity index is 228. The first kappa shape index (κ1) is 11.1. The summed E-state index contributed by atoms with van der Waals surface area (Å²) in [4.78, 5) is 11.3. The lowest BCUT2D eigenvalue weighted by molar-refractivity contribution is -0.120. The van der Waals surface area contributed by atoms with Gasteiger partial charge in [-0.3, -0.25) is 4.79 Å². The van der Waals surface area contributed by atoms with Crippen LogP contribution in [0.1, 0.15) is 26.2 Å². The number of amides is 1. The monoisotopic (exact) mass is 194 g/mol. The molecule has 1 saturated carbocycles. The summed E-state index contributed by atoms with van der Waals surface area (Å²) >= 11 is 0. The van der Waals surface area contributed by atoms with E-state index in [0.717, 1.165) is 12.5 Å². The molecular weight excluding hydrogens is 176 g/mol. The second-order valence-corrected chi connectivity index (χ2v) is 3.94. The lowest BCUT2D eigenvalue weighted by Crippen LogP contribution is -2.38. The lowest BCUT2D eigenvalue weighted by Gasteiger charge is -2.10. The van der Waals surface area contributed by atoms with Crippen molar-refractivity contribution in [1.82, 2.24) is 10.6 Å². The van der Waals surface area contributed by atoms with E-state index < -0.39 is 0 Å². The smallest absolute Gasteiger partial charge is 0.233 e. The fourth-order valence-electron chi connectivity index (χ4n) is 1.16. The van der Waals surface area contributed by atoms with Crippen LogP contribution in [0.25, 0.3) is 0 Å². The highest BCUT2D eigenvalue weighted by molar-refractivity contribution is 5.78. The van der Waals surface area contributed by atoms with Gasteiger partial charge in [0.2, 0.25) is 5.91 Å². The third kappa shape index (κ3) is 4.88. The highest BCUT2D eigenvalue weighted by Gasteiger charge is 2.21. The number of nitrogens with one attached hydrogen (secondary N) is 2. The van der Waals surface area contributed by atoms with Gasteiger partial charge >= 0.3 is 0 Å². The van der Waals surface area contributed by atoms with Gasteiger partial charge in [0.15, 0.2) is 0 Å². The molecule has 1 atom stereocenters. The largest absolute Gasteiger partial charge is 0.355 e. The number of hydrogen-bond acceptors (Lipinski definition) is 2. The minimum atomic E-state index is 0.0702. The molecule has 0 aromatic rings. The molecule has 1 rings (SSSR count). The summed E-state index contributed by atoms with van der Waals surface area (Å²) in [5.74, 6) is 3.37. The Kier molecular flexibility index (Phi) is 4.48. The normalized spacial score (nSPS) is 17.1. The van der Waals surface area contributed by atoms with E-state index in [0.29, 0.717) is 13.0 Å². The van der Waals surface area contributed by atoms with Crippen molar-refractivity contribution < 1.29 is 4.79 Å². The summed E-state index contributed by atoms with van der Waals surface area (Å²) in [6, 6.07) is 0.215. The van der Waals surface area contributed by atoms with Crippen LogP contribution < -0.4 is 10.6 Å². The summed E-state index contributed by atoms with van der Waals surface area (Å²) in [7, 11) is 0. The van der Waals surface area contributed by atoms with Crippen LogP contribution in [0.15, 0.2) is 0 Å². The average Bonchev–Trinajstić information content (AvgIpc) is 2.95. The van der Waals surface area contributed by atoms with Crippen molar-refractivity contribution in [2.24, 2.45) is 5.92 Å². The molecule has 1 aliphatic carbocycles. The second kappa shape index (κ2) is 5.66. The van der Waals surface area contributed by atoms with Gasteiger partial charge in [-0.05, 0) is 25.7 Å². The summed E-state index contributed by atoms with van der Waals surface area (Å²) in [5.41, 5.74) is 0. The number of hydrogen-bond donors (Lipinski definition) is 2. The molecule has 1 aliphatic rings. The third-order valence-corrected chi connectivity index (χ3v) is 2.32. The molecule has 0 heterocycles. The predicted octanol–water partition coefficient (Wildman–Crippen LogP) is 0.514. The molecule has 1 amide bonds. The first-order valence-corrected chi connectivity index (χ1v) is 5.16. The number of carbonyl (C=O) groups is 1. The molecule has 0 spiro atoms. The molecule has 0 aromatic carbocycles. The second-order valence-electron chi connectivity index (χ2n) is 3.94. The van der Waals surface area contributed by atoms with Crippen LogP contribution >= 0.6 is 0 Å². The standard InChI is InChI=1S/C11H18N2O/c1-3-4-9(2)12-8-11(14)13-7-10-5-6-10/h1,9-10,12H,4-8H2,2H3,(H,13,14). The Morgan fingerprint density at radius 2 is 2.36 bits per heavy atom. The molecule has 0 bridgehead atoms. The van der Waals surface area contributed by atoms with Crippen molar-refractivity contribution in [3.05, 3.63) is 0 Å². The maximum Gasteiger partial charge on any atom is 0.233 e. The van der Waals surface area contributed by atoms with E-state index in [4.69, 9.17) is 6.42 Å². The van der Waals surface area contributed by atoms with E-state index in [1.807, 2.05) is 6.92 Å². The Balaban J connectivity index is 1.99. The van der Waals surface area contributed by atoms with Gasteiger partial charge in [-0.2, -0.15) is 0 Å². The van der Waals surface area contributed by atoms with E-state index in [-0.39, 0.29) is 11.9 Å². The van der Waals surface area contributed by atoms with Crippen molar-refractivity contribution in [2.75, 3.05) is 13.1 Å². The van der Waals surface area contributed by atoms with Gasteiger partial charge in [0.1, 0.15) is 0 Å². The van der Waals surface area contributed by atoms with Crippen LogP contribution in [0.4, 0.5) is 0 Å². The summed E-state index contributed by atoms with van der Waals surface area (Å²) in [5, 5.41) is 5.96. The zero-order valence-corrected chi connectivity index (χ0v) is 8.68. The van der Waals surface area contributed by atoms with E-state index >= 15 is 0 Å². The molecule has 3 heteroatoms. The number of carbonyl (C=O) groups excluding carboxylic acids is 1. The van der Waals surface area contributed by atoms with Crippen LogP contribution in [0.2, 0.25) is 0 Å². The van der Waals surface area contributed by atoms with Crippen molar-refractivity contribution in [2.45, 2.75) is 32.2 Å². The van der Waals surface area contributed by atoms with Crippen molar-refractivity contribution in [3.63, 3.8) is 0 Å². The highest BCUT2D eigenvalue weighted by Crippen LogP contribution is 2.27. The first-order valence-electron chi connectivity index (χ1n) is 5.16. The van der Waals surface area contributed by atoms with Gasteiger partial charge in [0.25, 0.3) is 0 Å². The Morgan fingerprint density at radius 3 is 2.93 bits per heavy atom. The van der Waals surface area contributed by atoms with Gasteiger partial charge in [-0.25, -0.2) is 0 Å². The van der Waals surface area contributed by atoms with Gasteiger partial charge in [0.05, 0.1) is 6.54 Å². The summed E-state index contributed by atoms with van der Waals surface area (Å²) in [6.45, 7) is 3.19. The van der Waals surface area contributed by atoms with Crippen molar-refractivity contribution in [3.8, 4) is 12.3 Å². The van der Waals surface area contributed by atoms with E-state index in [1.54, 1.807) is 0 Å². The average molecular weight is 194 g/mol. The molecule has 1 unspecified atom stereocenters. The van der Waals surface area contributed by atoms with Crippen LogP contribution in [0.3, 0.4) is 0 Å². The lowest BCUT2D eigenvalue weighted by atomic mass is 10.2. The summed E-state index contributed by atoms with van der Waals surface area (Å²) < 4.78 is 0. The van der Waals surface area contributed by atoms with Gasteiger partial charge < -0.3 is 10.6 Å². The molecule has 14 heavy (non-hydrogen) atoms. The van der Waals surface area contributed by atoms with Gasteiger partial charge in [0, 0.05) is 19.0 Å². The minimum absolute atomic E-state index is 0.0702. The molecular formula is C11H18N2O. The zero-order valence-electron chi connectivity index (χ0n) is 8.68. The molecule has 0 radical (unpaired) electrons. The van der Waals surface area contributed by atoms with E-state index in [1.165, 1.54) is 12.8 Å². The molecule has 0 aromatic heterocycles. The predicted molar refractivity (Wildman–Crippen MR) is 56.6 cm³/mol. The maximum absolute atomic E-state index is 11.3. The topological polar surface area (TPSA) is 41.1 Å². The molecule has 1 fully saturated rings. The van der Waals surface area contributed by atoms with E-state index in [9.17, 15) is 4.79 Å². The minimum Gasteiger partial charge on any atom is -0.355 e. The quantitative estimate of drug-likeness (QED) is 0.605. The van der Waals surface area contributed by atoms with Crippen molar-refractivity contribution in [1.29, 1.82) is 0 Å². The molecule has 0 aliphatic heterocycles. The first-order chi connectivity index (χ1) is 6.72. The highest BCUT2D eigenvalue weighted by atomic mass is 16.1. The summed E-state index contributed by atoms with van der Waals surface area (Å²) in [6.07, 6.45) is 8.34. The van der Waals surface area contributed by atoms with Gasteiger partial charge in [-0.1, -0.05) is 0 Å². The van der Waals surface area contributed by atoms with E-state index in [2.05, 4.69) is 16.6 Å². The Labute approximate surface area is 85.6 Å². The molecule has 0 saturated heterocycles. The molecule has 2 N–H and O–H groups in total. The fraction of sp³-hybridized carbons (Fsp3) is 0.727. The van der Waals surface area contributed by atoms with Crippen LogP contribution in [0.5, 0.6) is 0 Å². The fourth-order valence-corrected chi connectivity index (χ4v) is 1.16. The molecule has 3 nitrogen and oxygen atoms in total. The molecule has 78 valence electrons. The van der Waals surface area contributed by atoms with Gasteiger partial charge in [-0.15, -0.1) is 12.3 Å². The maximum atomic E-state index is 11.3. The van der Waals surface area contributed by atoms with Crippen LogP contribution in [0, 0.1) is 18.3 Å². The van der Waals surface area contributed by atoms with Crippen LogP contribution in [-0.2, 0) is 4.79 Å². The number of terminal acetylenes is 1. The number of rotatable bonds is 6. The SMILES string of the molecule is C#CCC(C)NCC(=O)NCC1CC1. The van der Waals surface area contributed by atoms with Crippen molar-refractivity contribution >= 4 is 5.91 Å². The Hall–Kier alpha value is -1.01. The Morgan fingerprint density at radius 1 is 1.64 bits per heavy atom. The van der Waals surface area contributed by atoms with Crippen LogP contribution in [-0.4, -0.2) is 25.0 Å². The zero-order chi connectivity index (χ0) is 10.4. The third-order valence-electron chi connectivity index (χ3n) is 2.32.